The quantitative estimate of drug-likeness (QED) is 0.665. The van der Waals surface area contributed by atoms with Gasteiger partial charge in [-0.25, -0.2) is 0 Å². The average Bonchev–Trinajstić information content (AvgIpc) is 2.07. The topological polar surface area (TPSA) is 37.3 Å². The fourth-order valence-electron chi connectivity index (χ4n) is 1.00. The van der Waals surface area contributed by atoms with Crippen molar-refractivity contribution in [2.45, 2.75) is 17.7 Å². The summed E-state index contributed by atoms with van der Waals surface area (Å²) in [4.78, 5) is 11.2. The second kappa shape index (κ2) is 4.85. The fourth-order valence-corrected chi connectivity index (χ4v) is 1.82. The molecule has 0 aromatic heterocycles. The number of thiol groups is 1. The van der Waals surface area contributed by atoms with Crippen LogP contribution in [0.15, 0.2) is 23.1 Å². The highest BCUT2D eigenvalue weighted by Gasteiger charge is 2.04. The Morgan fingerprint density at radius 1 is 1.54 bits per heavy atom. The van der Waals surface area contributed by atoms with Gasteiger partial charge in [0.15, 0.2) is 0 Å². The number of hydrogen-bond donors (Lipinski definition) is 2. The normalized spacial score (nSPS) is 10.0. The molecule has 0 saturated carbocycles. The van der Waals surface area contributed by atoms with Crippen molar-refractivity contribution < 1.29 is 9.90 Å². The molecule has 2 nitrogen and oxygen atoms in total. The van der Waals surface area contributed by atoms with E-state index < -0.39 is 5.97 Å². The molecule has 0 fully saturated rings. The fraction of sp³-hybridized carbons (Fsp3) is 0.222. The molecule has 70 valence electrons. The van der Waals surface area contributed by atoms with E-state index in [-0.39, 0.29) is 6.42 Å². The van der Waals surface area contributed by atoms with E-state index >= 15 is 0 Å². The maximum atomic E-state index is 10.3. The zero-order valence-corrected chi connectivity index (χ0v) is 9.88. The van der Waals surface area contributed by atoms with Crippen molar-refractivity contribution in [2.24, 2.45) is 0 Å². The minimum Gasteiger partial charge on any atom is -0.481 e. The number of carboxylic acids is 1. The third-order valence-electron chi connectivity index (χ3n) is 1.68. The van der Waals surface area contributed by atoms with Crippen molar-refractivity contribution in [1.29, 1.82) is 0 Å². The third kappa shape index (κ3) is 3.19. The van der Waals surface area contributed by atoms with Gasteiger partial charge in [0.05, 0.1) is 0 Å². The first-order chi connectivity index (χ1) is 6.11. The van der Waals surface area contributed by atoms with Crippen LogP contribution in [0.1, 0.15) is 12.0 Å². The number of aryl methyl sites for hydroxylation is 1. The second-order valence-corrected chi connectivity index (χ2v) is 4.25. The van der Waals surface area contributed by atoms with Crippen molar-refractivity contribution in [3.05, 3.63) is 27.3 Å². The van der Waals surface area contributed by atoms with Gasteiger partial charge >= 0.3 is 5.97 Å². The lowest BCUT2D eigenvalue weighted by molar-refractivity contribution is -0.136. The van der Waals surface area contributed by atoms with Gasteiger partial charge in [0.1, 0.15) is 0 Å². The van der Waals surface area contributed by atoms with Crippen LogP contribution in [0.3, 0.4) is 0 Å². The van der Waals surface area contributed by atoms with E-state index in [0.717, 1.165) is 14.0 Å². The largest absolute Gasteiger partial charge is 0.481 e. The van der Waals surface area contributed by atoms with E-state index in [1.54, 1.807) is 0 Å². The monoisotopic (exact) mass is 308 g/mol. The maximum Gasteiger partial charge on any atom is 0.303 e. The first-order valence-corrected chi connectivity index (χ1v) is 5.32. The second-order valence-electron chi connectivity index (χ2n) is 2.64. The van der Waals surface area contributed by atoms with Crippen molar-refractivity contribution >= 4 is 41.2 Å². The van der Waals surface area contributed by atoms with Crippen molar-refractivity contribution in [2.75, 3.05) is 0 Å². The lowest BCUT2D eigenvalue weighted by Crippen LogP contribution is -1.98. The van der Waals surface area contributed by atoms with Crippen LogP contribution in [0.5, 0.6) is 0 Å². The summed E-state index contributed by atoms with van der Waals surface area (Å²) in [7, 11) is 0. The minimum atomic E-state index is -0.772. The van der Waals surface area contributed by atoms with Crippen LogP contribution in [0, 0.1) is 3.57 Å². The number of carbonyl (C=O) groups is 1. The highest BCUT2D eigenvalue weighted by Crippen LogP contribution is 2.21. The molecular formula is C9H9IO2S. The number of rotatable bonds is 3. The zero-order valence-electron chi connectivity index (χ0n) is 6.83. The Hall–Kier alpha value is -0.230. The van der Waals surface area contributed by atoms with Crippen LogP contribution in [-0.4, -0.2) is 11.1 Å². The summed E-state index contributed by atoms with van der Waals surface area (Å²) in [5.41, 5.74) is 0.998. The molecule has 0 aliphatic carbocycles. The predicted octanol–water partition coefficient (Wildman–Crippen LogP) is 2.60. The van der Waals surface area contributed by atoms with Gasteiger partial charge in [-0.05, 0) is 40.6 Å². The maximum absolute atomic E-state index is 10.3. The van der Waals surface area contributed by atoms with Gasteiger partial charge < -0.3 is 5.11 Å². The van der Waals surface area contributed by atoms with E-state index in [0.29, 0.717) is 6.42 Å². The number of halogens is 1. The molecule has 13 heavy (non-hydrogen) atoms. The molecule has 1 aromatic carbocycles. The van der Waals surface area contributed by atoms with E-state index in [9.17, 15) is 4.79 Å². The summed E-state index contributed by atoms with van der Waals surface area (Å²) in [6.07, 6.45) is 0.707. The van der Waals surface area contributed by atoms with Gasteiger partial charge in [0.2, 0.25) is 0 Å². The van der Waals surface area contributed by atoms with Crippen molar-refractivity contribution in [3.8, 4) is 0 Å². The molecule has 0 radical (unpaired) electrons. The first-order valence-electron chi connectivity index (χ1n) is 3.79. The lowest BCUT2D eigenvalue weighted by Gasteiger charge is -2.04. The summed E-state index contributed by atoms with van der Waals surface area (Å²) < 4.78 is 1.06. The summed E-state index contributed by atoms with van der Waals surface area (Å²) in [5.74, 6) is -0.772. The molecule has 0 unspecified atom stereocenters. The van der Waals surface area contributed by atoms with Gasteiger partial charge in [-0.15, -0.1) is 12.6 Å². The highest BCUT2D eigenvalue weighted by molar-refractivity contribution is 14.1. The summed E-state index contributed by atoms with van der Waals surface area (Å²) in [5, 5.41) is 8.51. The van der Waals surface area contributed by atoms with Crippen LogP contribution in [0.4, 0.5) is 0 Å². The smallest absolute Gasteiger partial charge is 0.303 e. The van der Waals surface area contributed by atoms with Crippen LogP contribution in [0.25, 0.3) is 0 Å². The SMILES string of the molecule is O=C(O)CCc1cccc(I)c1S. The van der Waals surface area contributed by atoms with E-state index in [1.807, 2.05) is 18.2 Å². The predicted molar refractivity (Wildman–Crippen MR) is 62.4 cm³/mol. The highest BCUT2D eigenvalue weighted by atomic mass is 127. The van der Waals surface area contributed by atoms with Crippen molar-refractivity contribution in [3.63, 3.8) is 0 Å². The molecule has 0 heterocycles. The van der Waals surface area contributed by atoms with Crippen LogP contribution < -0.4 is 0 Å². The van der Waals surface area contributed by atoms with Crippen molar-refractivity contribution in [1.82, 2.24) is 0 Å². The van der Waals surface area contributed by atoms with Gasteiger partial charge in [-0.3, -0.25) is 4.79 Å². The number of carboxylic acid groups (broad SMARTS) is 1. The summed E-state index contributed by atoms with van der Waals surface area (Å²) >= 11 is 6.50. The van der Waals surface area contributed by atoms with E-state index in [4.69, 9.17) is 5.11 Å². The molecule has 0 spiro atoms. The Kier molecular flexibility index (Phi) is 4.05. The number of benzene rings is 1. The molecule has 0 bridgehead atoms. The van der Waals surface area contributed by atoms with Crippen LogP contribution in [-0.2, 0) is 11.2 Å². The molecule has 1 aromatic rings. The summed E-state index contributed by atoms with van der Waals surface area (Å²) in [6, 6.07) is 5.78. The van der Waals surface area contributed by atoms with E-state index in [2.05, 4.69) is 35.2 Å². The van der Waals surface area contributed by atoms with Gasteiger partial charge in [-0.2, -0.15) is 0 Å². The molecular weight excluding hydrogens is 299 g/mol. The number of hydrogen-bond acceptors (Lipinski definition) is 2. The molecule has 0 amide bonds. The number of aliphatic carboxylic acids is 1. The lowest BCUT2D eigenvalue weighted by atomic mass is 10.1. The Morgan fingerprint density at radius 3 is 2.85 bits per heavy atom. The molecule has 0 aliphatic rings. The van der Waals surface area contributed by atoms with Crippen LogP contribution >= 0.6 is 35.2 Å². The Labute approximate surface area is 95.9 Å². The average molecular weight is 308 g/mol. The van der Waals surface area contributed by atoms with E-state index in [1.165, 1.54) is 0 Å². The zero-order chi connectivity index (χ0) is 9.84. The third-order valence-corrected chi connectivity index (χ3v) is 3.53. The Bertz CT molecular complexity index is 325. The molecule has 4 heteroatoms. The first kappa shape index (κ1) is 10.8. The minimum absolute atomic E-state index is 0.160. The molecule has 1 rings (SSSR count). The van der Waals surface area contributed by atoms with Crippen LogP contribution in [0.2, 0.25) is 0 Å². The van der Waals surface area contributed by atoms with Gasteiger partial charge in [0.25, 0.3) is 0 Å². The standard InChI is InChI=1S/C9H9IO2S/c10-7-3-1-2-6(9(7)13)4-5-8(11)12/h1-3,13H,4-5H2,(H,11,12). The molecule has 0 atom stereocenters. The Balaban J connectivity index is 2.77. The summed E-state index contributed by atoms with van der Waals surface area (Å²) in [6.45, 7) is 0. The Morgan fingerprint density at radius 2 is 2.23 bits per heavy atom. The molecule has 1 N–H and O–H groups in total. The van der Waals surface area contributed by atoms with Gasteiger partial charge in [0, 0.05) is 14.9 Å². The molecule has 0 aliphatic heterocycles. The molecule has 0 saturated heterocycles. The van der Waals surface area contributed by atoms with Gasteiger partial charge in [-0.1, -0.05) is 12.1 Å².